The Morgan fingerprint density at radius 1 is 1.23 bits per heavy atom. The fraction of sp³-hybridized carbons (Fsp3) is 0.688. The number of aromatic nitrogens is 1. The van der Waals surface area contributed by atoms with E-state index in [0.29, 0.717) is 16.9 Å². The Hall–Kier alpha value is -0.910. The number of anilines is 1. The lowest BCUT2D eigenvalue weighted by Crippen LogP contribution is -2.53. The van der Waals surface area contributed by atoms with Crippen LogP contribution in [0, 0.1) is 5.82 Å². The van der Waals surface area contributed by atoms with Gasteiger partial charge in [0.2, 0.25) is 0 Å². The van der Waals surface area contributed by atoms with Crippen LogP contribution in [0.5, 0.6) is 0 Å². The molecule has 0 saturated carbocycles. The van der Waals surface area contributed by atoms with Crippen LogP contribution in [0.4, 0.5) is 10.2 Å². The zero-order chi connectivity index (χ0) is 15.7. The zero-order valence-electron chi connectivity index (χ0n) is 13.1. The number of hydrogen-bond donors (Lipinski definition) is 0. The van der Waals surface area contributed by atoms with Gasteiger partial charge in [0, 0.05) is 38.4 Å². The Balaban J connectivity index is 1.60. The standard InChI is InChI=1S/C16H23ClFN3O/c1-11-9-21(10-12(2)22-11)14-3-5-20(6-4-14)16-15(18)7-13(17)8-19-16/h7-8,11-12,14H,3-6,9-10H2,1-2H3/t11-,12+. The Morgan fingerprint density at radius 2 is 1.86 bits per heavy atom. The molecule has 1 aromatic heterocycles. The van der Waals surface area contributed by atoms with Crippen LogP contribution in [-0.2, 0) is 4.74 Å². The Labute approximate surface area is 136 Å². The molecule has 1 aromatic rings. The highest BCUT2D eigenvalue weighted by Crippen LogP contribution is 2.26. The number of morpholine rings is 1. The molecule has 6 heteroatoms. The average Bonchev–Trinajstić information content (AvgIpc) is 2.46. The molecule has 0 unspecified atom stereocenters. The molecule has 0 radical (unpaired) electrons. The molecule has 3 rings (SSSR count). The molecule has 0 spiro atoms. The molecule has 22 heavy (non-hydrogen) atoms. The first-order valence-corrected chi connectivity index (χ1v) is 8.36. The topological polar surface area (TPSA) is 28.6 Å². The molecule has 2 aliphatic rings. The van der Waals surface area contributed by atoms with Crippen LogP contribution in [-0.4, -0.2) is 54.3 Å². The number of halogens is 2. The maximum atomic E-state index is 14.0. The lowest BCUT2D eigenvalue weighted by Gasteiger charge is -2.43. The number of piperidine rings is 1. The van der Waals surface area contributed by atoms with Gasteiger partial charge in [0.25, 0.3) is 0 Å². The summed E-state index contributed by atoms with van der Waals surface area (Å²) in [7, 11) is 0. The molecule has 122 valence electrons. The van der Waals surface area contributed by atoms with E-state index in [1.807, 2.05) is 4.90 Å². The zero-order valence-corrected chi connectivity index (χ0v) is 13.9. The van der Waals surface area contributed by atoms with Gasteiger partial charge in [-0.2, -0.15) is 0 Å². The average molecular weight is 328 g/mol. The number of rotatable bonds is 2. The summed E-state index contributed by atoms with van der Waals surface area (Å²) in [5.74, 6) is 0.0890. The smallest absolute Gasteiger partial charge is 0.167 e. The summed E-state index contributed by atoms with van der Waals surface area (Å²) in [5, 5.41) is 0.340. The third-order valence-electron chi connectivity index (χ3n) is 4.52. The van der Waals surface area contributed by atoms with Crippen LogP contribution in [0.1, 0.15) is 26.7 Å². The Kier molecular flexibility index (Phi) is 4.85. The van der Waals surface area contributed by atoms with Crippen molar-refractivity contribution in [2.45, 2.75) is 44.9 Å². The predicted octanol–water partition coefficient (Wildman–Crippen LogP) is 2.95. The number of nitrogens with zero attached hydrogens (tertiary/aromatic N) is 3. The summed E-state index contributed by atoms with van der Waals surface area (Å²) in [6.45, 7) is 7.90. The highest BCUT2D eigenvalue weighted by atomic mass is 35.5. The van der Waals surface area contributed by atoms with Gasteiger partial charge in [0.05, 0.1) is 17.2 Å². The Bertz CT molecular complexity index is 512. The van der Waals surface area contributed by atoms with E-state index in [0.717, 1.165) is 39.0 Å². The number of hydrogen-bond acceptors (Lipinski definition) is 4. The molecular formula is C16H23ClFN3O. The molecule has 2 fully saturated rings. The van der Waals surface area contributed by atoms with Crippen LogP contribution in [0.15, 0.2) is 12.3 Å². The third-order valence-corrected chi connectivity index (χ3v) is 4.72. The lowest BCUT2D eigenvalue weighted by atomic mass is 10.0. The van der Waals surface area contributed by atoms with Gasteiger partial charge in [-0.05, 0) is 32.8 Å². The number of ether oxygens (including phenoxy) is 1. The van der Waals surface area contributed by atoms with Crippen LogP contribution in [0.25, 0.3) is 0 Å². The van der Waals surface area contributed by atoms with E-state index >= 15 is 0 Å². The fourth-order valence-electron chi connectivity index (χ4n) is 3.60. The van der Waals surface area contributed by atoms with Crippen molar-refractivity contribution in [3.05, 3.63) is 23.1 Å². The highest BCUT2D eigenvalue weighted by molar-refractivity contribution is 6.30. The van der Waals surface area contributed by atoms with Crippen molar-refractivity contribution in [3.8, 4) is 0 Å². The summed E-state index contributed by atoms with van der Waals surface area (Å²) in [5.41, 5.74) is 0. The summed E-state index contributed by atoms with van der Waals surface area (Å²) in [6, 6.07) is 1.89. The molecular weight excluding hydrogens is 305 g/mol. The maximum absolute atomic E-state index is 14.0. The summed E-state index contributed by atoms with van der Waals surface area (Å²) in [6.07, 6.45) is 4.15. The van der Waals surface area contributed by atoms with E-state index in [1.54, 1.807) is 0 Å². The minimum absolute atomic E-state index is 0.289. The van der Waals surface area contributed by atoms with E-state index in [-0.39, 0.29) is 18.0 Å². The summed E-state index contributed by atoms with van der Waals surface area (Å²) >= 11 is 5.77. The molecule has 0 amide bonds. The lowest BCUT2D eigenvalue weighted by molar-refractivity contribution is -0.0826. The second-order valence-electron chi connectivity index (χ2n) is 6.39. The van der Waals surface area contributed by atoms with Gasteiger partial charge >= 0.3 is 0 Å². The summed E-state index contributed by atoms with van der Waals surface area (Å²) in [4.78, 5) is 8.70. The van der Waals surface area contributed by atoms with Crippen molar-refractivity contribution in [1.82, 2.24) is 9.88 Å². The van der Waals surface area contributed by atoms with Gasteiger partial charge in [0.1, 0.15) is 0 Å². The molecule has 2 aliphatic heterocycles. The van der Waals surface area contributed by atoms with E-state index in [1.165, 1.54) is 12.3 Å². The number of pyridine rings is 1. The predicted molar refractivity (Wildman–Crippen MR) is 86.0 cm³/mol. The Morgan fingerprint density at radius 3 is 2.45 bits per heavy atom. The molecule has 2 atom stereocenters. The van der Waals surface area contributed by atoms with Gasteiger partial charge < -0.3 is 9.64 Å². The van der Waals surface area contributed by atoms with Gasteiger partial charge in [-0.1, -0.05) is 11.6 Å². The second kappa shape index (κ2) is 6.69. The monoisotopic (exact) mass is 327 g/mol. The van der Waals surface area contributed by atoms with Crippen molar-refractivity contribution < 1.29 is 9.13 Å². The maximum Gasteiger partial charge on any atom is 0.167 e. The van der Waals surface area contributed by atoms with Gasteiger partial charge in [-0.3, -0.25) is 4.90 Å². The fourth-order valence-corrected chi connectivity index (χ4v) is 3.74. The minimum Gasteiger partial charge on any atom is -0.373 e. The van der Waals surface area contributed by atoms with Crippen LogP contribution >= 0.6 is 11.6 Å². The van der Waals surface area contributed by atoms with E-state index in [2.05, 4.69) is 23.7 Å². The van der Waals surface area contributed by atoms with E-state index in [4.69, 9.17) is 16.3 Å². The van der Waals surface area contributed by atoms with Gasteiger partial charge in [0.15, 0.2) is 11.6 Å². The van der Waals surface area contributed by atoms with Crippen molar-refractivity contribution in [2.75, 3.05) is 31.1 Å². The van der Waals surface area contributed by atoms with Crippen LogP contribution in [0.3, 0.4) is 0 Å². The molecule has 0 aliphatic carbocycles. The SMILES string of the molecule is C[C@@H]1CN(C2CCN(c3ncc(Cl)cc3F)CC2)C[C@H](C)O1. The van der Waals surface area contributed by atoms with Crippen molar-refractivity contribution in [3.63, 3.8) is 0 Å². The second-order valence-corrected chi connectivity index (χ2v) is 6.82. The molecule has 0 N–H and O–H groups in total. The minimum atomic E-state index is -0.334. The van der Waals surface area contributed by atoms with Crippen molar-refractivity contribution >= 4 is 17.4 Å². The molecule has 2 saturated heterocycles. The van der Waals surface area contributed by atoms with Gasteiger partial charge in [-0.25, -0.2) is 9.37 Å². The first kappa shape index (κ1) is 16.0. The molecule has 4 nitrogen and oxygen atoms in total. The molecule has 0 bridgehead atoms. The van der Waals surface area contributed by atoms with Crippen molar-refractivity contribution in [1.29, 1.82) is 0 Å². The largest absolute Gasteiger partial charge is 0.373 e. The molecule has 0 aromatic carbocycles. The normalized spacial score (nSPS) is 28.1. The molecule has 3 heterocycles. The van der Waals surface area contributed by atoms with Crippen LogP contribution in [0.2, 0.25) is 5.02 Å². The summed E-state index contributed by atoms with van der Waals surface area (Å²) < 4.78 is 19.8. The highest BCUT2D eigenvalue weighted by Gasteiger charge is 2.31. The van der Waals surface area contributed by atoms with Crippen LogP contribution < -0.4 is 4.90 Å². The first-order valence-electron chi connectivity index (χ1n) is 7.98. The van der Waals surface area contributed by atoms with E-state index < -0.39 is 0 Å². The van der Waals surface area contributed by atoms with Crippen molar-refractivity contribution in [2.24, 2.45) is 0 Å². The third kappa shape index (κ3) is 3.53. The van der Waals surface area contributed by atoms with Gasteiger partial charge in [-0.15, -0.1) is 0 Å². The van der Waals surface area contributed by atoms with E-state index in [9.17, 15) is 4.39 Å². The first-order chi connectivity index (χ1) is 10.5. The quantitative estimate of drug-likeness (QED) is 0.835.